The van der Waals surface area contributed by atoms with E-state index in [-0.39, 0.29) is 17.4 Å². The summed E-state index contributed by atoms with van der Waals surface area (Å²) >= 11 is 0. The molecule has 0 unspecified atom stereocenters. The third kappa shape index (κ3) is 2.77. The first kappa shape index (κ1) is 14.0. The monoisotopic (exact) mass is 272 g/mol. The molecule has 2 rings (SSSR count). The van der Waals surface area contributed by atoms with Crippen molar-refractivity contribution in [3.8, 4) is 0 Å². The van der Waals surface area contributed by atoms with Gasteiger partial charge < -0.3 is 9.73 Å². The fourth-order valence-corrected chi connectivity index (χ4v) is 2.07. The van der Waals surface area contributed by atoms with Crippen LogP contribution in [0.15, 0.2) is 22.6 Å². The normalized spacial score (nSPS) is 10.4. The molecule has 1 N–H and O–H groups in total. The molecule has 0 bridgehead atoms. The Labute approximate surface area is 117 Å². The van der Waals surface area contributed by atoms with E-state index in [0.717, 1.165) is 5.56 Å². The van der Waals surface area contributed by atoms with Gasteiger partial charge in [0.05, 0.1) is 0 Å². The Bertz CT molecular complexity index is 686. The van der Waals surface area contributed by atoms with E-state index in [2.05, 4.69) is 10.3 Å². The molecule has 0 saturated carbocycles. The van der Waals surface area contributed by atoms with Gasteiger partial charge in [-0.1, -0.05) is 0 Å². The van der Waals surface area contributed by atoms with Crippen LogP contribution in [-0.4, -0.2) is 16.7 Å². The Hall–Kier alpha value is -2.43. The lowest BCUT2D eigenvalue weighted by Crippen LogP contribution is -2.14. The van der Waals surface area contributed by atoms with Crippen LogP contribution in [0.5, 0.6) is 0 Å². The van der Waals surface area contributed by atoms with Crippen LogP contribution in [0.2, 0.25) is 0 Å². The van der Waals surface area contributed by atoms with Crippen LogP contribution in [0.4, 0.5) is 5.69 Å². The fourth-order valence-electron chi connectivity index (χ4n) is 2.07. The predicted molar refractivity (Wildman–Crippen MR) is 75.1 cm³/mol. The molecule has 1 amide bonds. The number of benzene rings is 1. The van der Waals surface area contributed by atoms with Gasteiger partial charge in [0, 0.05) is 18.2 Å². The highest BCUT2D eigenvalue weighted by molar-refractivity contribution is 6.04. The number of aromatic nitrogens is 1. The summed E-state index contributed by atoms with van der Waals surface area (Å²) in [6.45, 7) is 6.73. The molecule has 1 aromatic heterocycles. The molecule has 5 heteroatoms. The third-order valence-corrected chi connectivity index (χ3v) is 2.98. The Kier molecular flexibility index (Phi) is 3.70. The summed E-state index contributed by atoms with van der Waals surface area (Å²) in [5.41, 5.74) is 2.37. The zero-order valence-electron chi connectivity index (χ0n) is 11.9. The first-order chi connectivity index (χ1) is 9.38. The van der Waals surface area contributed by atoms with Gasteiger partial charge in [-0.2, -0.15) is 0 Å². The number of rotatable bonds is 3. The number of hydrogen-bond acceptors (Lipinski definition) is 4. The van der Waals surface area contributed by atoms with E-state index >= 15 is 0 Å². The van der Waals surface area contributed by atoms with Crippen molar-refractivity contribution < 1.29 is 14.0 Å². The van der Waals surface area contributed by atoms with E-state index in [4.69, 9.17) is 4.42 Å². The van der Waals surface area contributed by atoms with Gasteiger partial charge in [0.1, 0.15) is 5.76 Å². The molecule has 0 atom stereocenters. The molecule has 0 aliphatic heterocycles. The topological polar surface area (TPSA) is 72.2 Å². The molecule has 1 heterocycles. The van der Waals surface area contributed by atoms with Gasteiger partial charge in [0.15, 0.2) is 17.4 Å². The van der Waals surface area contributed by atoms with Crippen LogP contribution < -0.4 is 5.32 Å². The molecule has 104 valence electrons. The average molecular weight is 272 g/mol. The van der Waals surface area contributed by atoms with Gasteiger partial charge in [-0.05, 0) is 44.5 Å². The highest BCUT2D eigenvalue weighted by Gasteiger charge is 2.16. The summed E-state index contributed by atoms with van der Waals surface area (Å²) in [4.78, 5) is 27.5. The first-order valence-corrected chi connectivity index (χ1v) is 6.25. The summed E-state index contributed by atoms with van der Waals surface area (Å²) in [7, 11) is 0. The highest BCUT2D eigenvalue weighted by atomic mass is 16.4. The van der Waals surface area contributed by atoms with Crippen LogP contribution in [0, 0.1) is 20.8 Å². The minimum absolute atomic E-state index is 0.00310. The zero-order valence-corrected chi connectivity index (χ0v) is 11.9. The third-order valence-electron chi connectivity index (χ3n) is 2.98. The summed E-state index contributed by atoms with van der Waals surface area (Å²) in [6, 6.07) is 5.16. The second-order valence-corrected chi connectivity index (χ2v) is 4.68. The number of nitrogens with one attached hydrogen (secondary N) is 1. The van der Waals surface area contributed by atoms with Gasteiger partial charge in [-0.3, -0.25) is 9.59 Å². The Morgan fingerprint density at radius 1 is 1.20 bits per heavy atom. The number of aryl methyl sites for hydroxylation is 3. The van der Waals surface area contributed by atoms with Crippen molar-refractivity contribution in [3.05, 3.63) is 46.7 Å². The van der Waals surface area contributed by atoms with Crippen LogP contribution in [-0.2, 0) is 0 Å². The number of amides is 1. The Morgan fingerprint density at radius 3 is 2.40 bits per heavy atom. The number of carbonyl (C=O) groups excluding carboxylic acids is 2. The zero-order chi connectivity index (χ0) is 14.9. The molecular weight excluding hydrogens is 256 g/mol. The molecule has 5 nitrogen and oxygen atoms in total. The molecule has 0 spiro atoms. The lowest BCUT2D eigenvalue weighted by Gasteiger charge is -2.07. The van der Waals surface area contributed by atoms with Crippen molar-refractivity contribution in [3.63, 3.8) is 0 Å². The number of ketones is 1. The summed E-state index contributed by atoms with van der Waals surface area (Å²) < 4.78 is 5.23. The van der Waals surface area contributed by atoms with Crippen molar-refractivity contribution in [1.29, 1.82) is 0 Å². The van der Waals surface area contributed by atoms with Crippen LogP contribution in [0.25, 0.3) is 0 Å². The van der Waals surface area contributed by atoms with Crippen molar-refractivity contribution in [2.45, 2.75) is 27.7 Å². The van der Waals surface area contributed by atoms with Crippen molar-refractivity contribution in [2.24, 2.45) is 0 Å². The fraction of sp³-hybridized carbons (Fsp3) is 0.267. The molecule has 0 fully saturated rings. The molecule has 20 heavy (non-hydrogen) atoms. The summed E-state index contributed by atoms with van der Waals surface area (Å²) in [5.74, 6) is 0.616. The van der Waals surface area contributed by atoms with Crippen molar-refractivity contribution in [2.75, 3.05) is 5.32 Å². The number of hydrogen-bond donors (Lipinski definition) is 1. The highest BCUT2D eigenvalue weighted by Crippen LogP contribution is 2.17. The maximum Gasteiger partial charge on any atom is 0.277 e. The van der Waals surface area contributed by atoms with Crippen LogP contribution in [0.3, 0.4) is 0 Å². The Balaban J connectivity index is 2.22. The SMILES string of the molecule is CC(=O)c1ccc(NC(=O)c2nc(C)oc2C)cc1C. The maximum absolute atomic E-state index is 12.1. The van der Waals surface area contributed by atoms with Crippen molar-refractivity contribution >= 4 is 17.4 Å². The van der Waals surface area contributed by atoms with E-state index in [9.17, 15) is 9.59 Å². The van der Waals surface area contributed by atoms with Crippen molar-refractivity contribution in [1.82, 2.24) is 4.98 Å². The van der Waals surface area contributed by atoms with E-state index in [1.807, 2.05) is 6.92 Å². The van der Waals surface area contributed by atoms with E-state index < -0.39 is 0 Å². The molecule has 2 aromatic rings. The molecule has 0 aliphatic carbocycles. The lowest BCUT2D eigenvalue weighted by molar-refractivity contribution is 0.101. The van der Waals surface area contributed by atoms with Gasteiger partial charge in [-0.15, -0.1) is 0 Å². The molecule has 0 saturated heterocycles. The minimum atomic E-state index is -0.325. The largest absolute Gasteiger partial charge is 0.445 e. The number of anilines is 1. The standard InChI is InChI=1S/C15H16N2O3/c1-8-7-12(5-6-13(8)9(2)18)17-15(19)14-10(3)20-11(4)16-14/h5-7H,1-4H3,(H,17,19). The number of nitrogens with zero attached hydrogens (tertiary/aromatic N) is 1. The van der Waals surface area contributed by atoms with Crippen LogP contribution >= 0.6 is 0 Å². The minimum Gasteiger partial charge on any atom is -0.445 e. The number of Topliss-reactive ketones (excluding diaryl/α,β-unsaturated/α-hetero) is 1. The lowest BCUT2D eigenvalue weighted by atomic mass is 10.0. The quantitative estimate of drug-likeness (QED) is 0.871. The van der Waals surface area contributed by atoms with E-state index in [1.165, 1.54) is 6.92 Å². The van der Waals surface area contributed by atoms with E-state index in [0.29, 0.717) is 22.9 Å². The number of oxazole rings is 1. The smallest absolute Gasteiger partial charge is 0.277 e. The Morgan fingerprint density at radius 2 is 1.90 bits per heavy atom. The second-order valence-electron chi connectivity index (χ2n) is 4.68. The van der Waals surface area contributed by atoms with E-state index in [1.54, 1.807) is 32.0 Å². The van der Waals surface area contributed by atoms with Gasteiger partial charge >= 0.3 is 0 Å². The number of carbonyl (C=O) groups is 2. The molecule has 1 aromatic carbocycles. The van der Waals surface area contributed by atoms with Gasteiger partial charge in [0.25, 0.3) is 5.91 Å². The average Bonchev–Trinajstić information content (AvgIpc) is 2.68. The first-order valence-electron chi connectivity index (χ1n) is 6.25. The second kappa shape index (κ2) is 5.28. The summed E-state index contributed by atoms with van der Waals surface area (Å²) in [6.07, 6.45) is 0. The van der Waals surface area contributed by atoms with Gasteiger partial charge in [-0.25, -0.2) is 4.98 Å². The van der Waals surface area contributed by atoms with Gasteiger partial charge in [0.2, 0.25) is 0 Å². The molecule has 0 radical (unpaired) electrons. The molecule has 0 aliphatic rings. The predicted octanol–water partition coefficient (Wildman–Crippen LogP) is 3.05. The maximum atomic E-state index is 12.1. The molecular formula is C15H16N2O3. The van der Waals surface area contributed by atoms with Crippen LogP contribution in [0.1, 0.15) is 45.0 Å². The summed E-state index contributed by atoms with van der Waals surface area (Å²) in [5, 5.41) is 2.75.